The van der Waals surface area contributed by atoms with E-state index in [-0.39, 0.29) is 0 Å². The lowest BCUT2D eigenvalue weighted by Crippen LogP contribution is -2.39. The highest BCUT2D eigenvalue weighted by atomic mass is 16.5. The van der Waals surface area contributed by atoms with Gasteiger partial charge in [0, 0.05) is 31.7 Å². The summed E-state index contributed by atoms with van der Waals surface area (Å²) in [6, 6.07) is 9.94. The molecule has 0 saturated carbocycles. The van der Waals surface area contributed by atoms with Crippen LogP contribution < -0.4 is 5.32 Å². The molecule has 1 aliphatic heterocycles. The number of hydrogen-bond acceptors (Lipinski definition) is 6. The van der Waals surface area contributed by atoms with Crippen molar-refractivity contribution in [3.8, 4) is 17.5 Å². The zero-order valence-corrected chi connectivity index (χ0v) is 13.2. The number of nitrogens with one attached hydrogen (secondary N) is 1. The molecule has 2 aromatic rings. The van der Waals surface area contributed by atoms with Crippen molar-refractivity contribution < 1.29 is 9.15 Å². The zero-order valence-electron chi connectivity index (χ0n) is 13.2. The minimum Gasteiger partial charge on any atom is -0.419 e. The molecule has 0 bridgehead atoms. The van der Waals surface area contributed by atoms with Crippen molar-refractivity contribution in [2.24, 2.45) is 0 Å². The molecule has 120 valence electrons. The first kappa shape index (κ1) is 15.5. The Kier molecular flexibility index (Phi) is 4.91. The maximum absolute atomic E-state index is 9.26. The lowest BCUT2D eigenvalue weighted by Gasteiger charge is -2.26. The molecular formula is C17H20N4O2. The Bertz CT molecular complexity index is 699. The van der Waals surface area contributed by atoms with E-state index in [0.717, 1.165) is 44.0 Å². The number of morpholine rings is 1. The van der Waals surface area contributed by atoms with Crippen LogP contribution in [0, 0.1) is 18.3 Å². The van der Waals surface area contributed by atoms with Crippen LogP contribution in [0.25, 0.3) is 11.5 Å². The maximum atomic E-state index is 9.26. The van der Waals surface area contributed by atoms with Gasteiger partial charge in [0.1, 0.15) is 6.07 Å². The molecule has 0 atom stereocenters. The van der Waals surface area contributed by atoms with Gasteiger partial charge >= 0.3 is 0 Å². The van der Waals surface area contributed by atoms with Crippen molar-refractivity contribution in [1.29, 1.82) is 5.26 Å². The fraction of sp³-hybridized carbons (Fsp3) is 0.412. The fourth-order valence-electron chi connectivity index (χ4n) is 2.60. The molecular weight excluding hydrogens is 292 g/mol. The Morgan fingerprint density at radius 3 is 2.83 bits per heavy atom. The highest BCUT2D eigenvalue weighted by Crippen LogP contribution is 2.27. The molecule has 2 heterocycles. The molecule has 1 aliphatic rings. The summed E-state index contributed by atoms with van der Waals surface area (Å²) in [5.41, 5.74) is 2.27. The van der Waals surface area contributed by atoms with Gasteiger partial charge in [0.05, 0.1) is 13.2 Å². The quantitative estimate of drug-likeness (QED) is 0.913. The molecule has 1 saturated heterocycles. The number of aromatic nitrogens is 1. The minimum atomic E-state index is 0.297. The van der Waals surface area contributed by atoms with Crippen LogP contribution in [0.3, 0.4) is 0 Å². The fourth-order valence-corrected chi connectivity index (χ4v) is 2.60. The Labute approximate surface area is 135 Å². The summed E-state index contributed by atoms with van der Waals surface area (Å²) in [5.74, 6) is 0.924. The molecule has 0 radical (unpaired) electrons. The van der Waals surface area contributed by atoms with Gasteiger partial charge in [-0.2, -0.15) is 10.2 Å². The van der Waals surface area contributed by atoms with Crippen molar-refractivity contribution in [2.75, 3.05) is 44.7 Å². The van der Waals surface area contributed by atoms with Gasteiger partial charge in [-0.25, -0.2) is 0 Å². The molecule has 23 heavy (non-hydrogen) atoms. The third-order valence-electron chi connectivity index (χ3n) is 3.93. The SMILES string of the molecule is Cc1ccccc1-c1nc(C#N)c(NCCN2CCOCC2)o1. The van der Waals surface area contributed by atoms with Gasteiger partial charge in [-0.15, -0.1) is 0 Å². The second kappa shape index (κ2) is 7.27. The number of aryl methyl sites for hydroxylation is 1. The van der Waals surface area contributed by atoms with E-state index in [1.165, 1.54) is 0 Å². The summed E-state index contributed by atoms with van der Waals surface area (Å²) in [4.78, 5) is 6.62. The Hall–Kier alpha value is -2.36. The summed E-state index contributed by atoms with van der Waals surface area (Å²) < 4.78 is 11.1. The number of nitriles is 1. The topological polar surface area (TPSA) is 74.3 Å². The van der Waals surface area contributed by atoms with E-state index < -0.39 is 0 Å². The predicted molar refractivity (Wildman–Crippen MR) is 87.1 cm³/mol. The molecule has 1 aromatic heterocycles. The normalized spacial score (nSPS) is 15.3. The molecule has 1 fully saturated rings. The zero-order chi connectivity index (χ0) is 16.1. The molecule has 1 aromatic carbocycles. The summed E-state index contributed by atoms with van der Waals surface area (Å²) >= 11 is 0. The molecule has 0 spiro atoms. The molecule has 3 rings (SSSR count). The van der Waals surface area contributed by atoms with E-state index in [1.807, 2.05) is 31.2 Å². The molecule has 0 amide bonds. The summed E-state index contributed by atoms with van der Waals surface area (Å²) in [6.45, 7) is 7.03. The maximum Gasteiger partial charge on any atom is 0.232 e. The van der Waals surface area contributed by atoms with Crippen molar-refractivity contribution in [3.05, 3.63) is 35.5 Å². The van der Waals surface area contributed by atoms with Crippen LogP contribution in [-0.4, -0.2) is 49.3 Å². The van der Waals surface area contributed by atoms with Gasteiger partial charge < -0.3 is 14.5 Å². The number of anilines is 1. The van der Waals surface area contributed by atoms with Gasteiger partial charge in [-0.05, 0) is 18.6 Å². The average Bonchev–Trinajstić information content (AvgIpc) is 2.99. The van der Waals surface area contributed by atoms with E-state index in [0.29, 0.717) is 24.0 Å². The Balaban J connectivity index is 1.67. The second-order valence-corrected chi connectivity index (χ2v) is 5.50. The van der Waals surface area contributed by atoms with Crippen LogP contribution >= 0.6 is 0 Å². The van der Waals surface area contributed by atoms with Crippen LogP contribution in [-0.2, 0) is 4.74 Å². The number of rotatable bonds is 5. The first-order valence-corrected chi connectivity index (χ1v) is 7.79. The molecule has 6 heteroatoms. The number of ether oxygens (including phenoxy) is 1. The van der Waals surface area contributed by atoms with Gasteiger partial charge in [0.2, 0.25) is 17.5 Å². The molecule has 0 aliphatic carbocycles. The van der Waals surface area contributed by atoms with Gasteiger partial charge in [0.15, 0.2) is 0 Å². The van der Waals surface area contributed by atoms with Crippen LogP contribution in [0.1, 0.15) is 11.3 Å². The first-order valence-electron chi connectivity index (χ1n) is 7.79. The minimum absolute atomic E-state index is 0.297. The van der Waals surface area contributed by atoms with Gasteiger partial charge in [0.25, 0.3) is 0 Å². The second-order valence-electron chi connectivity index (χ2n) is 5.50. The predicted octanol–water partition coefficient (Wildman–Crippen LogP) is 2.27. The van der Waals surface area contributed by atoms with Crippen LogP contribution in [0.4, 0.5) is 5.88 Å². The van der Waals surface area contributed by atoms with Gasteiger partial charge in [-0.3, -0.25) is 4.90 Å². The van der Waals surface area contributed by atoms with E-state index >= 15 is 0 Å². The van der Waals surface area contributed by atoms with Crippen LogP contribution in [0.5, 0.6) is 0 Å². The van der Waals surface area contributed by atoms with Crippen molar-refractivity contribution in [2.45, 2.75) is 6.92 Å². The largest absolute Gasteiger partial charge is 0.419 e. The average molecular weight is 312 g/mol. The van der Waals surface area contributed by atoms with Crippen molar-refractivity contribution in [3.63, 3.8) is 0 Å². The van der Waals surface area contributed by atoms with E-state index in [1.54, 1.807) is 0 Å². The molecule has 0 unspecified atom stereocenters. The Morgan fingerprint density at radius 1 is 1.30 bits per heavy atom. The third-order valence-corrected chi connectivity index (χ3v) is 3.93. The highest BCUT2D eigenvalue weighted by Gasteiger charge is 2.16. The van der Waals surface area contributed by atoms with E-state index in [9.17, 15) is 5.26 Å². The van der Waals surface area contributed by atoms with Crippen LogP contribution in [0.2, 0.25) is 0 Å². The number of benzene rings is 1. The highest BCUT2D eigenvalue weighted by molar-refractivity contribution is 5.62. The lowest BCUT2D eigenvalue weighted by atomic mass is 10.1. The van der Waals surface area contributed by atoms with E-state index in [2.05, 4.69) is 21.3 Å². The summed E-state index contributed by atoms with van der Waals surface area (Å²) in [5, 5.41) is 12.4. The smallest absolute Gasteiger partial charge is 0.232 e. The third kappa shape index (κ3) is 3.70. The number of nitrogens with zero attached hydrogens (tertiary/aromatic N) is 3. The number of hydrogen-bond donors (Lipinski definition) is 1. The molecule has 6 nitrogen and oxygen atoms in total. The Morgan fingerprint density at radius 2 is 2.09 bits per heavy atom. The van der Waals surface area contributed by atoms with Crippen molar-refractivity contribution in [1.82, 2.24) is 9.88 Å². The van der Waals surface area contributed by atoms with Crippen LogP contribution in [0.15, 0.2) is 28.7 Å². The van der Waals surface area contributed by atoms with E-state index in [4.69, 9.17) is 9.15 Å². The lowest BCUT2D eigenvalue weighted by molar-refractivity contribution is 0.0398. The standard InChI is InChI=1S/C17H20N4O2/c1-13-4-2-3-5-14(13)16-20-15(12-18)17(23-16)19-6-7-21-8-10-22-11-9-21/h2-5,19H,6-11H2,1H3. The first-order chi connectivity index (χ1) is 11.3. The summed E-state index contributed by atoms with van der Waals surface area (Å²) in [7, 11) is 0. The molecule has 1 N–H and O–H groups in total. The van der Waals surface area contributed by atoms with Crippen molar-refractivity contribution >= 4 is 5.88 Å². The summed E-state index contributed by atoms with van der Waals surface area (Å²) in [6.07, 6.45) is 0. The monoisotopic (exact) mass is 312 g/mol. The van der Waals surface area contributed by atoms with Gasteiger partial charge in [-0.1, -0.05) is 18.2 Å². The number of oxazole rings is 1.